The highest BCUT2D eigenvalue weighted by molar-refractivity contribution is 5.61. The van der Waals surface area contributed by atoms with Gasteiger partial charge >= 0.3 is 0 Å². The van der Waals surface area contributed by atoms with E-state index in [9.17, 15) is 0 Å². The molecular formula is C15H15N2O3. The van der Waals surface area contributed by atoms with Crippen LogP contribution in [-0.4, -0.2) is 16.9 Å². The molecule has 2 heterocycles. The third kappa shape index (κ3) is 2.03. The van der Waals surface area contributed by atoms with Crippen molar-refractivity contribution >= 4 is 0 Å². The molecule has 1 radical (unpaired) electrons. The number of fused-ring (bicyclic) bond motifs is 1. The van der Waals surface area contributed by atoms with Crippen molar-refractivity contribution in [2.45, 2.75) is 31.6 Å². The average molecular weight is 271 g/mol. The molecule has 5 heteroatoms. The van der Waals surface area contributed by atoms with E-state index in [4.69, 9.17) is 14.0 Å². The Hall–Kier alpha value is -2.04. The van der Waals surface area contributed by atoms with Crippen molar-refractivity contribution in [1.29, 1.82) is 0 Å². The van der Waals surface area contributed by atoms with Crippen LogP contribution in [0.15, 0.2) is 22.7 Å². The zero-order valence-corrected chi connectivity index (χ0v) is 11.0. The highest BCUT2D eigenvalue weighted by atomic mass is 16.7. The van der Waals surface area contributed by atoms with Crippen LogP contribution in [0.4, 0.5) is 0 Å². The lowest BCUT2D eigenvalue weighted by Crippen LogP contribution is -2.05. The zero-order valence-electron chi connectivity index (χ0n) is 11.0. The molecule has 0 atom stereocenters. The standard InChI is InChI=1S/C15H15N2O3/c1-2-4-10(5-3-1)15-16-14(17-20-15)11-6-7-12-13(8-11)19-9-18-12/h1,6-8,10H,2-5,9H2. The first-order valence-corrected chi connectivity index (χ1v) is 6.95. The van der Waals surface area contributed by atoms with Gasteiger partial charge in [0.25, 0.3) is 0 Å². The average Bonchev–Trinajstić information content (AvgIpc) is 3.16. The van der Waals surface area contributed by atoms with Crippen LogP contribution in [0, 0.1) is 6.42 Å². The van der Waals surface area contributed by atoms with E-state index in [0.717, 1.165) is 48.6 Å². The summed E-state index contributed by atoms with van der Waals surface area (Å²) in [6.07, 6.45) is 6.79. The second-order valence-electron chi connectivity index (χ2n) is 5.16. The van der Waals surface area contributed by atoms with Crippen molar-refractivity contribution < 1.29 is 14.0 Å². The number of rotatable bonds is 2. The van der Waals surface area contributed by atoms with Gasteiger partial charge in [-0.15, -0.1) is 0 Å². The van der Waals surface area contributed by atoms with Crippen LogP contribution >= 0.6 is 0 Å². The van der Waals surface area contributed by atoms with Gasteiger partial charge < -0.3 is 14.0 Å². The Morgan fingerprint density at radius 3 is 2.80 bits per heavy atom. The summed E-state index contributed by atoms with van der Waals surface area (Å²) in [5.74, 6) is 3.27. The van der Waals surface area contributed by atoms with E-state index in [-0.39, 0.29) is 6.79 Å². The minimum Gasteiger partial charge on any atom is -0.454 e. The molecule has 2 aliphatic rings. The van der Waals surface area contributed by atoms with E-state index in [1.165, 1.54) is 0 Å². The van der Waals surface area contributed by atoms with Crippen LogP contribution in [-0.2, 0) is 0 Å². The fourth-order valence-corrected chi connectivity index (χ4v) is 2.73. The molecule has 1 saturated carbocycles. The maximum Gasteiger partial charge on any atom is 0.231 e. The topological polar surface area (TPSA) is 57.4 Å². The van der Waals surface area contributed by atoms with Gasteiger partial charge in [-0.3, -0.25) is 0 Å². The maximum absolute atomic E-state index is 5.43. The normalized spacial score (nSPS) is 18.4. The molecule has 0 N–H and O–H groups in total. The highest BCUT2D eigenvalue weighted by Gasteiger charge is 2.22. The molecule has 1 aliphatic carbocycles. The lowest BCUT2D eigenvalue weighted by atomic mass is 9.89. The highest BCUT2D eigenvalue weighted by Crippen LogP contribution is 2.36. The van der Waals surface area contributed by atoms with Gasteiger partial charge in [-0.1, -0.05) is 5.16 Å². The van der Waals surface area contributed by atoms with Crippen LogP contribution < -0.4 is 9.47 Å². The van der Waals surface area contributed by atoms with Crippen LogP contribution in [0.3, 0.4) is 0 Å². The Kier molecular flexibility index (Phi) is 2.83. The number of hydrogen-bond donors (Lipinski definition) is 0. The number of benzene rings is 1. The van der Waals surface area contributed by atoms with E-state index in [1.54, 1.807) is 0 Å². The summed E-state index contributed by atoms with van der Waals surface area (Å²) in [5, 5.41) is 4.09. The van der Waals surface area contributed by atoms with E-state index in [0.29, 0.717) is 11.7 Å². The number of aromatic nitrogens is 2. The van der Waals surface area contributed by atoms with E-state index < -0.39 is 0 Å². The molecule has 0 saturated heterocycles. The second-order valence-corrected chi connectivity index (χ2v) is 5.16. The van der Waals surface area contributed by atoms with Crippen LogP contribution in [0.5, 0.6) is 11.5 Å². The zero-order chi connectivity index (χ0) is 13.4. The predicted octanol–water partition coefficient (Wildman–Crippen LogP) is 3.33. The molecule has 5 nitrogen and oxygen atoms in total. The Morgan fingerprint density at radius 1 is 1.05 bits per heavy atom. The molecule has 4 rings (SSSR count). The molecule has 2 aromatic rings. The number of hydrogen-bond acceptors (Lipinski definition) is 5. The second kappa shape index (κ2) is 4.81. The summed E-state index contributed by atoms with van der Waals surface area (Å²) in [5.41, 5.74) is 0.895. The Balaban J connectivity index is 1.61. The summed E-state index contributed by atoms with van der Waals surface area (Å²) in [6, 6.07) is 5.70. The SMILES string of the molecule is [CH]1CCC(c2nc(-c3ccc4c(c3)OCO4)no2)CC1. The largest absolute Gasteiger partial charge is 0.454 e. The van der Waals surface area contributed by atoms with Crippen molar-refractivity contribution in [3.8, 4) is 22.9 Å². The van der Waals surface area contributed by atoms with Crippen molar-refractivity contribution in [3.05, 3.63) is 30.5 Å². The molecule has 1 aromatic heterocycles. The molecular weight excluding hydrogens is 256 g/mol. The summed E-state index contributed by atoms with van der Waals surface area (Å²) >= 11 is 0. The van der Waals surface area contributed by atoms with Crippen molar-refractivity contribution in [1.82, 2.24) is 10.1 Å². The third-order valence-electron chi connectivity index (χ3n) is 3.86. The molecule has 0 amide bonds. The van der Waals surface area contributed by atoms with Gasteiger partial charge in [0.05, 0.1) is 0 Å². The van der Waals surface area contributed by atoms with Crippen molar-refractivity contribution in [2.24, 2.45) is 0 Å². The van der Waals surface area contributed by atoms with Gasteiger partial charge in [0, 0.05) is 11.5 Å². The molecule has 1 fully saturated rings. The Labute approximate surface area is 116 Å². The van der Waals surface area contributed by atoms with Crippen LogP contribution in [0.25, 0.3) is 11.4 Å². The van der Waals surface area contributed by atoms with Gasteiger partial charge in [0.15, 0.2) is 11.5 Å². The van der Waals surface area contributed by atoms with Crippen LogP contribution in [0.2, 0.25) is 0 Å². The molecule has 1 aliphatic heterocycles. The molecule has 0 bridgehead atoms. The number of nitrogens with zero attached hydrogens (tertiary/aromatic N) is 2. The summed E-state index contributed by atoms with van der Waals surface area (Å²) in [6.45, 7) is 0.273. The fourth-order valence-electron chi connectivity index (χ4n) is 2.73. The van der Waals surface area contributed by atoms with Gasteiger partial charge in [-0.25, -0.2) is 0 Å². The smallest absolute Gasteiger partial charge is 0.231 e. The van der Waals surface area contributed by atoms with E-state index >= 15 is 0 Å². The van der Waals surface area contributed by atoms with Gasteiger partial charge in [0.2, 0.25) is 18.5 Å². The van der Waals surface area contributed by atoms with Crippen LogP contribution in [0.1, 0.15) is 37.5 Å². The van der Waals surface area contributed by atoms with Crippen molar-refractivity contribution in [3.63, 3.8) is 0 Å². The minimum absolute atomic E-state index is 0.273. The Bertz CT molecular complexity index is 617. The first-order chi connectivity index (χ1) is 9.90. The van der Waals surface area contributed by atoms with E-state index in [1.807, 2.05) is 18.2 Å². The molecule has 1 aromatic carbocycles. The van der Waals surface area contributed by atoms with Crippen molar-refractivity contribution in [2.75, 3.05) is 6.79 Å². The minimum atomic E-state index is 0.273. The lowest BCUT2D eigenvalue weighted by Gasteiger charge is -2.16. The predicted molar refractivity (Wildman–Crippen MR) is 71.4 cm³/mol. The van der Waals surface area contributed by atoms with Gasteiger partial charge in [-0.05, 0) is 50.3 Å². The third-order valence-corrected chi connectivity index (χ3v) is 3.86. The monoisotopic (exact) mass is 271 g/mol. The summed E-state index contributed by atoms with van der Waals surface area (Å²) in [4.78, 5) is 4.54. The van der Waals surface area contributed by atoms with E-state index in [2.05, 4.69) is 16.6 Å². The van der Waals surface area contributed by atoms with Gasteiger partial charge in [-0.2, -0.15) is 4.98 Å². The fraction of sp³-hybridized carbons (Fsp3) is 0.400. The first-order valence-electron chi connectivity index (χ1n) is 6.95. The number of ether oxygens (including phenoxy) is 2. The molecule has 0 unspecified atom stereocenters. The van der Waals surface area contributed by atoms with Gasteiger partial charge in [0.1, 0.15) is 0 Å². The maximum atomic E-state index is 5.43. The lowest BCUT2D eigenvalue weighted by molar-refractivity contribution is 0.174. The quantitative estimate of drug-likeness (QED) is 0.838. The Morgan fingerprint density at radius 2 is 1.90 bits per heavy atom. The summed E-state index contributed by atoms with van der Waals surface area (Å²) in [7, 11) is 0. The first kappa shape index (κ1) is 11.8. The molecule has 103 valence electrons. The summed E-state index contributed by atoms with van der Waals surface area (Å²) < 4.78 is 16.1. The molecule has 20 heavy (non-hydrogen) atoms. The molecule has 0 spiro atoms.